The largest absolute Gasteiger partial charge is 0.486 e. The van der Waals surface area contributed by atoms with Gasteiger partial charge in [0.15, 0.2) is 11.5 Å². The highest BCUT2D eigenvalue weighted by Crippen LogP contribution is 2.39. The molecule has 2 aromatic heterocycles. The molecule has 0 aliphatic carbocycles. The van der Waals surface area contributed by atoms with Crippen LogP contribution in [0.4, 0.5) is 5.82 Å². The minimum absolute atomic E-state index is 0.0873. The van der Waals surface area contributed by atoms with Gasteiger partial charge in [-0.1, -0.05) is 6.07 Å². The number of benzene rings is 1. The average Bonchev–Trinajstić information content (AvgIpc) is 3.25. The molecule has 36 heavy (non-hydrogen) atoms. The molecule has 1 aromatic carbocycles. The fourth-order valence-corrected chi connectivity index (χ4v) is 5.35. The van der Waals surface area contributed by atoms with Crippen LogP contribution >= 0.6 is 0 Å². The van der Waals surface area contributed by atoms with Gasteiger partial charge in [0, 0.05) is 50.4 Å². The first-order chi connectivity index (χ1) is 17.1. The summed E-state index contributed by atoms with van der Waals surface area (Å²) in [6.07, 6.45) is 0.208. The van der Waals surface area contributed by atoms with Gasteiger partial charge in [0.05, 0.1) is 18.2 Å². The topological polar surface area (TPSA) is 88.0 Å². The molecule has 0 bridgehead atoms. The molecule has 0 amide bonds. The third-order valence-corrected chi connectivity index (χ3v) is 7.38. The van der Waals surface area contributed by atoms with Crippen LogP contribution < -0.4 is 19.9 Å². The van der Waals surface area contributed by atoms with Crippen LogP contribution in [-0.4, -0.2) is 56.5 Å². The van der Waals surface area contributed by atoms with Crippen molar-refractivity contribution in [2.45, 2.75) is 64.8 Å². The molecule has 0 radical (unpaired) electrons. The predicted octanol–water partition coefficient (Wildman–Crippen LogP) is 3.31. The number of nitrogens with zero attached hydrogens (tertiary/aromatic N) is 6. The summed E-state index contributed by atoms with van der Waals surface area (Å²) in [5.41, 5.74) is 2.11. The maximum Gasteiger partial charge on any atom is 0.255 e. The lowest BCUT2D eigenvalue weighted by molar-refractivity contribution is 0.0209. The Morgan fingerprint density at radius 3 is 2.69 bits per heavy atom. The Balaban J connectivity index is 1.42. The van der Waals surface area contributed by atoms with Crippen LogP contribution in [0.15, 0.2) is 35.1 Å². The molecular weight excluding hydrogens is 456 g/mol. The Labute approximate surface area is 211 Å². The van der Waals surface area contributed by atoms with Gasteiger partial charge in [-0.05, 0) is 52.3 Å². The second-order valence-electron chi connectivity index (χ2n) is 10.7. The van der Waals surface area contributed by atoms with Crippen LogP contribution in [-0.2, 0) is 13.5 Å². The lowest BCUT2D eigenvalue weighted by Gasteiger charge is -2.47. The zero-order valence-corrected chi connectivity index (χ0v) is 21.9. The number of hydrogen-bond donors (Lipinski definition) is 0. The summed E-state index contributed by atoms with van der Waals surface area (Å²) >= 11 is 0. The Bertz CT molecular complexity index is 1400. The van der Waals surface area contributed by atoms with E-state index in [1.165, 1.54) is 5.56 Å². The molecule has 0 spiro atoms. The number of piperazine rings is 1. The zero-order chi connectivity index (χ0) is 25.8. The molecule has 9 heteroatoms. The first-order valence-corrected chi connectivity index (χ1v) is 12.5. The van der Waals surface area contributed by atoms with Gasteiger partial charge in [-0.3, -0.25) is 14.3 Å². The van der Waals surface area contributed by atoms with Crippen LogP contribution in [0.3, 0.4) is 0 Å². The number of rotatable bonds is 4. The van der Waals surface area contributed by atoms with Crippen LogP contribution in [0.5, 0.6) is 11.5 Å². The van der Waals surface area contributed by atoms with Gasteiger partial charge in [-0.25, -0.2) is 4.52 Å². The molecule has 190 valence electrons. The number of aromatic nitrogens is 3. The summed E-state index contributed by atoms with van der Waals surface area (Å²) in [7, 11) is 1.74. The number of fused-ring (bicyclic) bond motifs is 2. The van der Waals surface area contributed by atoms with Gasteiger partial charge < -0.3 is 14.4 Å². The average molecular weight is 491 g/mol. The molecule has 1 saturated heterocycles. The van der Waals surface area contributed by atoms with Crippen molar-refractivity contribution in [3.05, 3.63) is 51.9 Å². The van der Waals surface area contributed by atoms with E-state index in [0.717, 1.165) is 30.4 Å². The highest BCUT2D eigenvalue weighted by molar-refractivity contribution is 5.52. The summed E-state index contributed by atoms with van der Waals surface area (Å²) in [6.45, 7) is 12.8. The number of aryl methyl sites for hydroxylation is 1. The standard InChI is InChI=1S/C27H34N6O3/c1-17-15-32(25-13-26(34)30(6)24-12-21(9-10-28)29-33(24)25)18(2)14-31(17)19(3)20-7-8-22-23(11-20)36-27(4,5)16-35-22/h7-8,11-13,17-19H,9,14-16H2,1-6H3/t17-,18+,19?/m1/s1. The van der Waals surface area contributed by atoms with Crippen LogP contribution in [0.25, 0.3) is 5.65 Å². The first-order valence-electron chi connectivity index (χ1n) is 12.5. The van der Waals surface area contributed by atoms with Gasteiger partial charge in [0.1, 0.15) is 23.7 Å². The first kappa shape index (κ1) is 24.2. The number of anilines is 1. The molecule has 0 N–H and O–H groups in total. The van der Waals surface area contributed by atoms with E-state index in [1.54, 1.807) is 22.2 Å². The normalized spacial score (nSPS) is 22.4. The monoisotopic (exact) mass is 490 g/mol. The third kappa shape index (κ3) is 4.20. The molecule has 3 aromatic rings. The van der Waals surface area contributed by atoms with E-state index in [9.17, 15) is 4.79 Å². The minimum Gasteiger partial charge on any atom is -0.486 e. The molecule has 2 aliphatic rings. The van der Waals surface area contributed by atoms with E-state index in [-0.39, 0.29) is 35.7 Å². The fourth-order valence-electron chi connectivity index (χ4n) is 5.35. The summed E-state index contributed by atoms with van der Waals surface area (Å²) < 4.78 is 15.5. The quantitative estimate of drug-likeness (QED) is 0.554. The van der Waals surface area contributed by atoms with E-state index in [2.05, 4.69) is 53.9 Å². The summed E-state index contributed by atoms with van der Waals surface area (Å²) in [6, 6.07) is 12.4. The smallest absolute Gasteiger partial charge is 0.255 e. The fraction of sp³-hybridized carbons (Fsp3) is 0.519. The summed E-state index contributed by atoms with van der Waals surface area (Å²) in [5.74, 6) is 2.36. The number of nitriles is 1. The van der Waals surface area contributed by atoms with Crippen molar-refractivity contribution in [1.29, 1.82) is 5.26 Å². The lowest BCUT2D eigenvalue weighted by Crippen LogP contribution is -2.57. The lowest BCUT2D eigenvalue weighted by atomic mass is 10.00. The molecular formula is C27H34N6O3. The van der Waals surface area contributed by atoms with Gasteiger partial charge in [-0.15, -0.1) is 0 Å². The van der Waals surface area contributed by atoms with Crippen LogP contribution in [0, 0.1) is 11.3 Å². The highest BCUT2D eigenvalue weighted by Gasteiger charge is 2.35. The summed E-state index contributed by atoms with van der Waals surface area (Å²) in [5, 5.41) is 13.8. The SMILES string of the molecule is CC(c1ccc2c(c1)OC(C)(C)CO2)N1C[C@H](C)N(c2cc(=O)n(C)c3cc(CC#N)nn23)C[C@H]1C. The Morgan fingerprint density at radius 2 is 1.94 bits per heavy atom. The van der Waals surface area contributed by atoms with Crippen molar-refractivity contribution < 1.29 is 9.47 Å². The molecule has 5 rings (SSSR count). The second-order valence-corrected chi connectivity index (χ2v) is 10.7. The van der Waals surface area contributed by atoms with Gasteiger partial charge in [0.2, 0.25) is 0 Å². The molecule has 4 heterocycles. The predicted molar refractivity (Wildman–Crippen MR) is 138 cm³/mol. The maximum atomic E-state index is 12.8. The third-order valence-electron chi connectivity index (χ3n) is 7.38. The van der Waals surface area contributed by atoms with E-state index >= 15 is 0 Å². The Kier molecular flexibility index (Phi) is 5.95. The van der Waals surface area contributed by atoms with Crippen molar-refractivity contribution in [2.24, 2.45) is 7.05 Å². The van der Waals surface area contributed by atoms with Gasteiger partial charge in [-0.2, -0.15) is 10.4 Å². The second kappa shape index (κ2) is 8.86. The van der Waals surface area contributed by atoms with Crippen molar-refractivity contribution in [3.63, 3.8) is 0 Å². The molecule has 0 saturated carbocycles. The molecule has 1 unspecified atom stereocenters. The zero-order valence-electron chi connectivity index (χ0n) is 21.9. The van der Waals surface area contributed by atoms with Gasteiger partial charge in [0.25, 0.3) is 5.56 Å². The van der Waals surface area contributed by atoms with E-state index < -0.39 is 0 Å². The molecule has 3 atom stereocenters. The molecule has 9 nitrogen and oxygen atoms in total. The van der Waals surface area contributed by atoms with Crippen molar-refractivity contribution in [3.8, 4) is 17.6 Å². The van der Waals surface area contributed by atoms with Crippen molar-refractivity contribution in [1.82, 2.24) is 19.1 Å². The number of hydrogen-bond acceptors (Lipinski definition) is 7. The number of ether oxygens (including phenoxy) is 2. The van der Waals surface area contributed by atoms with E-state index in [0.29, 0.717) is 17.9 Å². The summed E-state index contributed by atoms with van der Waals surface area (Å²) in [4.78, 5) is 17.5. The van der Waals surface area contributed by atoms with Crippen molar-refractivity contribution in [2.75, 3.05) is 24.6 Å². The van der Waals surface area contributed by atoms with Crippen molar-refractivity contribution >= 4 is 11.5 Å². The van der Waals surface area contributed by atoms with Gasteiger partial charge >= 0.3 is 0 Å². The highest BCUT2D eigenvalue weighted by atomic mass is 16.6. The molecule has 2 aliphatic heterocycles. The van der Waals surface area contributed by atoms with Crippen LogP contribution in [0.1, 0.15) is 51.9 Å². The molecule has 1 fully saturated rings. The Morgan fingerprint density at radius 1 is 1.17 bits per heavy atom. The van der Waals surface area contributed by atoms with E-state index in [1.807, 2.05) is 26.0 Å². The van der Waals surface area contributed by atoms with E-state index in [4.69, 9.17) is 14.7 Å². The van der Waals surface area contributed by atoms with Crippen LogP contribution in [0.2, 0.25) is 0 Å². The Hall–Kier alpha value is -3.51. The maximum absolute atomic E-state index is 12.8. The minimum atomic E-state index is -0.347.